The lowest BCUT2D eigenvalue weighted by Gasteiger charge is -2.31. The van der Waals surface area contributed by atoms with Crippen LogP contribution in [0.4, 0.5) is 17.1 Å². The second kappa shape index (κ2) is 15.8. The lowest BCUT2D eigenvalue weighted by molar-refractivity contribution is 1.18. The van der Waals surface area contributed by atoms with Gasteiger partial charge in [0, 0.05) is 27.7 Å². The zero-order chi connectivity index (χ0) is 42.4. The molecule has 0 unspecified atom stereocenters. The van der Waals surface area contributed by atoms with Crippen molar-refractivity contribution in [2.75, 3.05) is 4.90 Å². The molecule has 0 aliphatic carbocycles. The van der Waals surface area contributed by atoms with Crippen LogP contribution in [0.1, 0.15) is 0 Å². The highest BCUT2D eigenvalue weighted by molar-refractivity contribution is 6.18. The Balaban J connectivity index is 1.16. The average molecular weight is 815 g/mol. The van der Waals surface area contributed by atoms with Crippen molar-refractivity contribution in [1.82, 2.24) is 4.57 Å². The summed E-state index contributed by atoms with van der Waals surface area (Å²) in [6, 6.07) is 92.8. The van der Waals surface area contributed by atoms with Crippen LogP contribution in [-0.2, 0) is 0 Å². The minimum absolute atomic E-state index is 1.07. The lowest BCUT2D eigenvalue weighted by atomic mass is 9.87. The number of rotatable bonds is 8. The van der Waals surface area contributed by atoms with Gasteiger partial charge in [-0.15, -0.1) is 0 Å². The van der Waals surface area contributed by atoms with Crippen molar-refractivity contribution in [2.45, 2.75) is 0 Å². The highest BCUT2D eigenvalue weighted by atomic mass is 15.2. The molecule has 0 spiro atoms. The van der Waals surface area contributed by atoms with Gasteiger partial charge in [-0.2, -0.15) is 0 Å². The topological polar surface area (TPSA) is 8.17 Å². The van der Waals surface area contributed by atoms with Crippen LogP contribution in [0.15, 0.2) is 255 Å². The molecule has 0 bridgehead atoms. The molecule has 0 aliphatic heterocycles. The van der Waals surface area contributed by atoms with Crippen LogP contribution in [-0.4, -0.2) is 4.57 Å². The Morgan fingerprint density at radius 3 is 1.56 bits per heavy atom. The molecule has 0 radical (unpaired) electrons. The summed E-state index contributed by atoms with van der Waals surface area (Å²) in [6.45, 7) is 0. The zero-order valence-electron chi connectivity index (χ0n) is 35.1. The van der Waals surface area contributed by atoms with Gasteiger partial charge in [-0.05, 0) is 115 Å². The molecule has 0 saturated carbocycles. The molecule has 2 nitrogen and oxygen atoms in total. The first-order valence-corrected chi connectivity index (χ1v) is 22.0. The van der Waals surface area contributed by atoms with Gasteiger partial charge in [0.2, 0.25) is 0 Å². The highest BCUT2D eigenvalue weighted by Crippen LogP contribution is 2.51. The Bertz CT molecular complexity index is 3640. The van der Waals surface area contributed by atoms with E-state index in [0.29, 0.717) is 0 Å². The third kappa shape index (κ3) is 6.27. The minimum atomic E-state index is 1.07. The summed E-state index contributed by atoms with van der Waals surface area (Å²) in [4.78, 5) is 2.51. The van der Waals surface area contributed by atoms with Crippen LogP contribution < -0.4 is 4.90 Å². The monoisotopic (exact) mass is 814 g/mol. The van der Waals surface area contributed by atoms with E-state index in [2.05, 4.69) is 264 Å². The molecule has 0 N–H and O–H groups in total. The summed E-state index contributed by atoms with van der Waals surface area (Å²) in [5, 5.41) is 7.42. The standard InChI is InChI=1S/C62H42N2/c1-4-20-43(21-5-1)49-27-12-15-31-54(49)61-51(44-22-6-2-7-23-44)33-18-35-58(61)64(60-37-19-36-59-62(60)55-32-16-17-34-57(55)63(59)47-25-8-3-9-26-47)48-40-38-45(39-41-48)56-42-46-24-10-11-28-50(46)52-29-13-14-30-53(52)56/h1-42H. The molecule has 2 heteroatoms. The molecule has 0 amide bonds. The van der Waals surface area contributed by atoms with Gasteiger partial charge in [-0.3, -0.25) is 0 Å². The molecule has 0 atom stereocenters. The van der Waals surface area contributed by atoms with Gasteiger partial charge in [-0.25, -0.2) is 0 Å². The molecule has 1 heterocycles. The Hall–Kier alpha value is -8.46. The van der Waals surface area contributed by atoms with Gasteiger partial charge in [0.05, 0.1) is 22.4 Å². The summed E-state index contributed by atoms with van der Waals surface area (Å²) >= 11 is 0. The van der Waals surface area contributed by atoms with Crippen molar-refractivity contribution >= 4 is 60.4 Å². The largest absolute Gasteiger partial charge is 0.309 e. The zero-order valence-corrected chi connectivity index (χ0v) is 35.1. The van der Waals surface area contributed by atoms with Gasteiger partial charge in [0.1, 0.15) is 0 Å². The number of anilines is 3. The smallest absolute Gasteiger partial charge is 0.0562 e. The second-order valence-corrected chi connectivity index (χ2v) is 16.4. The van der Waals surface area contributed by atoms with E-state index in [0.717, 1.165) is 28.3 Å². The Morgan fingerprint density at radius 2 is 0.812 bits per heavy atom. The number of fused-ring (bicyclic) bond motifs is 6. The predicted octanol–water partition coefficient (Wildman–Crippen LogP) is 17.2. The lowest BCUT2D eigenvalue weighted by Crippen LogP contribution is -2.12. The van der Waals surface area contributed by atoms with Crippen molar-refractivity contribution < 1.29 is 0 Å². The van der Waals surface area contributed by atoms with Crippen molar-refractivity contribution in [2.24, 2.45) is 0 Å². The minimum Gasteiger partial charge on any atom is -0.309 e. The van der Waals surface area contributed by atoms with Crippen LogP contribution in [0.2, 0.25) is 0 Å². The van der Waals surface area contributed by atoms with E-state index >= 15 is 0 Å². The Morgan fingerprint density at radius 1 is 0.297 bits per heavy atom. The molecule has 12 aromatic rings. The van der Waals surface area contributed by atoms with Crippen LogP contribution in [0, 0.1) is 0 Å². The molecule has 0 aliphatic rings. The third-order valence-electron chi connectivity index (χ3n) is 12.8. The van der Waals surface area contributed by atoms with Crippen LogP contribution in [0.5, 0.6) is 0 Å². The molecule has 11 aromatic carbocycles. The van der Waals surface area contributed by atoms with Crippen molar-refractivity contribution in [3.63, 3.8) is 0 Å². The summed E-state index contributed by atoms with van der Waals surface area (Å²) < 4.78 is 2.41. The fourth-order valence-electron chi connectivity index (χ4n) is 9.97. The number of nitrogens with zero attached hydrogens (tertiary/aromatic N) is 2. The fraction of sp³-hybridized carbons (Fsp3) is 0. The SMILES string of the molecule is c1ccc(-c2ccccc2-c2c(-c3ccccc3)cccc2N(c2ccc(-c3cc4ccccc4c4ccccc34)cc2)c2cccc3c2c2ccccc2n3-c2ccccc2)cc1. The number of aromatic nitrogens is 1. The van der Waals surface area contributed by atoms with Crippen LogP contribution >= 0.6 is 0 Å². The average Bonchev–Trinajstić information content (AvgIpc) is 3.72. The second-order valence-electron chi connectivity index (χ2n) is 16.4. The molecule has 0 saturated heterocycles. The van der Waals surface area contributed by atoms with E-state index in [4.69, 9.17) is 0 Å². The maximum atomic E-state index is 2.51. The number of para-hydroxylation sites is 2. The highest BCUT2D eigenvalue weighted by Gasteiger charge is 2.26. The van der Waals surface area contributed by atoms with Crippen molar-refractivity contribution in [3.05, 3.63) is 255 Å². The summed E-state index contributed by atoms with van der Waals surface area (Å²) in [7, 11) is 0. The van der Waals surface area contributed by atoms with Crippen LogP contribution in [0.3, 0.4) is 0 Å². The number of hydrogen-bond acceptors (Lipinski definition) is 1. The molecule has 64 heavy (non-hydrogen) atoms. The van der Waals surface area contributed by atoms with E-state index in [1.54, 1.807) is 0 Å². The van der Waals surface area contributed by atoms with Gasteiger partial charge < -0.3 is 9.47 Å². The molecule has 300 valence electrons. The fourth-order valence-corrected chi connectivity index (χ4v) is 9.97. The van der Waals surface area contributed by atoms with Crippen molar-refractivity contribution in [1.29, 1.82) is 0 Å². The molecule has 1 aromatic heterocycles. The summed E-state index contributed by atoms with van der Waals surface area (Å²) in [6.07, 6.45) is 0. The third-order valence-corrected chi connectivity index (χ3v) is 12.8. The molecular weight excluding hydrogens is 773 g/mol. The molecular formula is C62H42N2. The number of benzene rings is 11. The van der Waals surface area contributed by atoms with E-state index < -0.39 is 0 Å². The molecule has 12 rings (SSSR count). The van der Waals surface area contributed by atoms with Gasteiger partial charge in [0.25, 0.3) is 0 Å². The Kier molecular flexibility index (Phi) is 9.20. The first-order valence-electron chi connectivity index (χ1n) is 22.0. The maximum Gasteiger partial charge on any atom is 0.0562 e. The van der Waals surface area contributed by atoms with Gasteiger partial charge in [-0.1, -0.05) is 200 Å². The van der Waals surface area contributed by atoms with Crippen molar-refractivity contribution in [3.8, 4) is 50.2 Å². The summed E-state index contributed by atoms with van der Waals surface area (Å²) in [5.74, 6) is 0. The van der Waals surface area contributed by atoms with E-state index in [1.165, 1.54) is 82.3 Å². The normalized spacial score (nSPS) is 11.4. The Labute approximate surface area is 373 Å². The van der Waals surface area contributed by atoms with Gasteiger partial charge in [0.15, 0.2) is 0 Å². The van der Waals surface area contributed by atoms with E-state index in [-0.39, 0.29) is 0 Å². The first-order chi connectivity index (χ1) is 31.8. The van der Waals surface area contributed by atoms with Gasteiger partial charge >= 0.3 is 0 Å². The molecule has 0 fully saturated rings. The van der Waals surface area contributed by atoms with Crippen LogP contribution in [0.25, 0.3) is 93.5 Å². The van der Waals surface area contributed by atoms with E-state index in [1.807, 2.05) is 0 Å². The quantitative estimate of drug-likeness (QED) is 0.139. The number of hydrogen-bond donors (Lipinski definition) is 0. The summed E-state index contributed by atoms with van der Waals surface area (Å²) in [5.41, 5.74) is 16.2. The predicted molar refractivity (Wildman–Crippen MR) is 272 cm³/mol. The first kappa shape index (κ1) is 37.3. The van der Waals surface area contributed by atoms with E-state index in [9.17, 15) is 0 Å². The maximum absolute atomic E-state index is 2.51.